The zero-order valence-electron chi connectivity index (χ0n) is 18.8. The molecule has 3 fully saturated rings. The van der Waals surface area contributed by atoms with Crippen molar-refractivity contribution in [3.05, 3.63) is 42.0 Å². The fraction of sp³-hybridized carbons (Fsp3) is 0.520. The van der Waals surface area contributed by atoms with Crippen LogP contribution < -0.4 is 4.74 Å². The molecular formula is C25H29N3O5. The van der Waals surface area contributed by atoms with Gasteiger partial charge in [-0.05, 0) is 42.4 Å². The Labute approximate surface area is 193 Å². The summed E-state index contributed by atoms with van der Waals surface area (Å²) in [6.07, 6.45) is 6.04. The number of piperazine rings is 1. The van der Waals surface area contributed by atoms with Crippen LogP contribution >= 0.6 is 0 Å². The normalized spacial score (nSPS) is 28.0. The molecule has 2 aliphatic heterocycles. The van der Waals surface area contributed by atoms with Gasteiger partial charge in [0, 0.05) is 32.6 Å². The number of rotatable bonds is 6. The Kier molecular flexibility index (Phi) is 5.68. The minimum Gasteiger partial charge on any atom is -0.497 e. The minimum atomic E-state index is -0.277. The van der Waals surface area contributed by atoms with Gasteiger partial charge in [0.1, 0.15) is 12.3 Å². The van der Waals surface area contributed by atoms with E-state index in [0.717, 1.165) is 17.7 Å². The van der Waals surface area contributed by atoms with Crippen LogP contribution in [0.1, 0.15) is 18.4 Å². The summed E-state index contributed by atoms with van der Waals surface area (Å²) < 4.78 is 5.15. The van der Waals surface area contributed by atoms with E-state index in [0.29, 0.717) is 39.0 Å². The van der Waals surface area contributed by atoms with Crippen LogP contribution in [0, 0.1) is 23.7 Å². The van der Waals surface area contributed by atoms with Crippen LogP contribution in [0.25, 0.3) is 0 Å². The third kappa shape index (κ3) is 3.92. The summed E-state index contributed by atoms with van der Waals surface area (Å²) in [4.78, 5) is 55.7. The highest BCUT2D eigenvalue weighted by Crippen LogP contribution is 2.52. The van der Waals surface area contributed by atoms with E-state index in [4.69, 9.17) is 4.74 Å². The van der Waals surface area contributed by atoms with Crippen molar-refractivity contribution in [2.24, 2.45) is 23.7 Å². The van der Waals surface area contributed by atoms with Crippen LogP contribution in [0.4, 0.5) is 0 Å². The standard InChI is InChI=1S/C25H29N3O5/c1-33-19-7-2-16(3-8-19)4-9-20(29)26-10-12-27(13-11-26)21(30)15-28-24(31)22-17-5-6-18(14-17)23(22)25(28)32/h2-3,5-8,17-18,22-23H,4,9-15H2,1H3. The predicted octanol–water partition coefficient (Wildman–Crippen LogP) is 1.11. The van der Waals surface area contributed by atoms with Crippen molar-refractivity contribution in [3.8, 4) is 5.75 Å². The molecule has 0 N–H and O–H groups in total. The summed E-state index contributed by atoms with van der Waals surface area (Å²) in [6, 6.07) is 7.68. The number of amides is 4. The van der Waals surface area contributed by atoms with E-state index in [2.05, 4.69) is 0 Å². The number of ether oxygens (including phenoxy) is 1. The molecule has 1 aromatic rings. The molecule has 0 aromatic heterocycles. The van der Waals surface area contributed by atoms with Crippen LogP contribution in [0.15, 0.2) is 36.4 Å². The van der Waals surface area contributed by atoms with Gasteiger partial charge < -0.3 is 14.5 Å². The molecule has 2 heterocycles. The van der Waals surface area contributed by atoms with Gasteiger partial charge in [-0.1, -0.05) is 24.3 Å². The number of carbonyl (C=O) groups is 4. The SMILES string of the molecule is COc1ccc(CCC(=O)N2CCN(C(=O)CN3C(=O)C4C5C=CC(C5)C4C3=O)CC2)cc1. The number of likely N-dealkylation sites (tertiary alicyclic amines) is 1. The highest BCUT2D eigenvalue weighted by Gasteiger charge is 2.59. The van der Waals surface area contributed by atoms with Gasteiger partial charge in [0.05, 0.1) is 18.9 Å². The van der Waals surface area contributed by atoms with Gasteiger partial charge in [0.2, 0.25) is 23.6 Å². The van der Waals surface area contributed by atoms with Gasteiger partial charge in [-0.25, -0.2) is 0 Å². The summed E-state index contributed by atoms with van der Waals surface area (Å²) in [5.74, 6) is -0.0181. The number of hydrogen-bond donors (Lipinski definition) is 0. The lowest BCUT2D eigenvalue weighted by molar-refractivity contribution is -0.148. The van der Waals surface area contributed by atoms with Crippen molar-refractivity contribution in [1.82, 2.24) is 14.7 Å². The molecule has 0 spiro atoms. The first kappa shape index (κ1) is 21.7. The number of benzene rings is 1. The van der Waals surface area contributed by atoms with Gasteiger partial charge in [-0.2, -0.15) is 0 Å². The van der Waals surface area contributed by atoms with Crippen molar-refractivity contribution in [2.75, 3.05) is 39.8 Å². The first-order chi connectivity index (χ1) is 16.0. The molecule has 2 aliphatic carbocycles. The van der Waals surface area contributed by atoms with E-state index in [-0.39, 0.29) is 53.8 Å². The van der Waals surface area contributed by atoms with Crippen LogP contribution in [0.5, 0.6) is 5.75 Å². The fourth-order valence-corrected chi connectivity index (χ4v) is 5.76. The molecule has 1 saturated carbocycles. The second-order valence-electron chi connectivity index (χ2n) is 9.37. The maximum atomic E-state index is 12.8. The molecule has 33 heavy (non-hydrogen) atoms. The summed E-state index contributed by atoms with van der Waals surface area (Å²) in [6.45, 7) is 1.59. The Bertz CT molecular complexity index is 966. The first-order valence-electron chi connectivity index (χ1n) is 11.7. The van der Waals surface area contributed by atoms with E-state index in [1.165, 1.54) is 4.90 Å². The lowest BCUT2D eigenvalue weighted by Gasteiger charge is -2.35. The monoisotopic (exact) mass is 451 g/mol. The van der Waals surface area contributed by atoms with Gasteiger partial charge in [0.25, 0.3) is 0 Å². The lowest BCUT2D eigenvalue weighted by Crippen LogP contribution is -2.53. The average molecular weight is 452 g/mol. The number of nitrogens with zero attached hydrogens (tertiary/aromatic N) is 3. The van der Waals surface area contributed by atoms with Gasteiger partial charge in [0.15, 0.2) is 0 Å². The third-order valence-electron chi connectivity index (χ3n) is 7.63. The van der Waals surface area contributed by atoms with Crippen LogP contribution in [-0.2, 0) is 25.6 Å². The van der Waals surface area contributed by atoms with Gasteiger partial charge >= 0.3 is 0 Å². The zero-order chi connectivity index (χ0) is 23.1. The average Bonchev–Trinajstić information content (AvgIpc) is 3.53. The molecular weight excluding hydrogens is 422 g/mol. The molecule has 4 amide bonds. The smallest absolute Gasteiger partial charge is 0.242 e. The first-order valence-corrected chi connectivity index (χ1v) is 11.7. The van der Waals surface area contributed by atoms with E-state index >= 15 is 0 Å². The predicted molar refractivity (Wildman–Crippen MR) is 119 cm³/mol. The van der Waals surface area contributed by atoms with Gasteiger partial charge in [-0.15, -0.1) is 0 Å². The highest BCUT2D eigenvalue weighted by molar-refractivity contribution is 6.08. The lowest BCUT2D eigenvalue weighted by atomic mass is 9.85. The number of carbonyl (C=O) groups excluding carboxylic acids is 4. The molecule has 8 nitrogen and oxygen atoms in total. The second kappa shape index (κ2) is 8.65. The van der Waals surface area contributed by atoms with Crippen LogP contribution in [-0.4, -0.2) is 78.2 Å². The Hall–Kier alpha value is -3.16. The Morgan fingerprint density at radius 2 is 1.42 bits per heavy atom. The second-order valence-corrected chi connectivity index (χ2v) is 9.37. The zero-order valence-corrected chi connectivity index (χ0v) is 18.8. The molecule has 4 unspecified atom stereocenters. The summed E-state index contributed by atoms with van der Waals surface area (Å²) in [7, 11) is 1.62. The van der Waals surface area contributed by atoms with Crippen molar-refractivity contribution < 1.29 is 23.9 Å². The molecule has 174 valence electrons. The van der Waals surface area contributed by atoms with E-state index in [1.54, 1.807) is 16.9 Å². The molecule has 4 atom stereocenters. The molecule has 0 radical (unpaired) electrons. The Morgan fingerprint density at radius 3 is 1.97 bits per heavy atom. The van der Waals surface area contributed by atoms with E-state index in [1.807, 2.05) is 36.4 Å². The number of fused-ring (bicyclic) bond motifs is 5. The number of imide groups is 1. The van der Waals surface area contributed by atoms with Crippen molar-refractivity contribution in [2.45, 2.75) is 19.3 Å². The Morgan fingerprint density at radius 1 is 0.879 bits per heavy atom. The minimum absolute atomic E-state index is 0.0682. The summed E-state index contributed by atoms with van der Waals surface area (Å²) in [5, 5.41) is 0. The molecule has 1 aromatic carbocycles. The van der Waals surface area contributed by atoms with E-state index in [9.17, 15) is 19.2 Å². The van der Waals surface area contributed by atoms with Crippen LogP contribution in [0.3, 0.4) is 0 Å². The maximum absolute atomic E-state index is 12.8. The van der Waals surface area contributed by atoms with Crippen molar-refractivity contribution in [3.63, 3.8) is 0 Å². The maximum Gasteiger partial charge on any atom is 0.242 e. The fourth-order valence-electron chi connectivity index (χ4n) is 5.76. The number of hydrogen-bond acceptors (Lipinski definition) is 5. The summed E-state index contributed by atoms with van der Waals surface area (Å²) in [5.41, 5.74) is 1.08. The molecule has 8 heteroatoms. The number of methoxy groups -OCH3 is 1. The quantitative estimate of drug-likeness (QED) is 0.478. The van der Waals surface area contributed by atoms with Crippen LogP contribution in [0.2, 0.25) is 0 Å². The number of aryl methyl sites for hydroxylation is 1. The molecule has 5 rings (SSSR count). The topological polar surface area (TPSA) is 87.2 Å². The molecule has 2 saturated heterocycles. The number of allylic oxidation sites excluding steroid dienone is 2. The van der Waals surface area contributed by atoms with Crippen molar-refractivity contribution >= 4 is 23.6 Å². The molecule has 2 bridgehead atoms. The van der Waals surface area contributed by atoms with Gasteiger partial charge in [-0.3, -0.25) is 24.1 Å². The third-order valence-corrected chi connectivity index (χ3v) is 7.63. The summed E-state index contributed by atoms with van der Waals surface area (Å²) >= 11 is 0. The highest BCUT2D eigenvalue weighted by atomic mass is 16.5. The molecule has 4 aliphatic rings. The largest absolute Gasteiger partial charge is 0.497 e. The Balaban J connectivity index is 1.09. The van der Waals surface area contributed by atoms with E-state index < -0.39 is 0 Å². The van der Waals surface area contributed by atoms with Crippen molar-refractivity contribution in [1.29, 1.82) is 0 Å².